The number of nitrogens with two attached hydrogens (primary N) is 2. The van der Waals surface area contributed by atoms with Gasteiger partial charge >= 0.3 is 0 Å². The summed E-state index contributed by atoms with van der Waals surface area (Å²) in [6, 6.07) is 15.9. The highest BCUT2D eigenvalue weighted by molar-refractivity contribution is 6.30. The van der Waals surface area contributed by atoms with Gasteiger partial charge in [-0.1, -0.05) is 55.3 Å². The Hall–Kier alpha value is -2.72. The van der Waals surface area contributed by atoms with Gasteiger partial charge in [-0.25, -0.2) is 0 Å². The maximum Gasteiger partial charge on any atom is 0.249 e. The molecule has 1 atom stereocenters. The largest absolute Gasteiger partial charge is 0.384 e. The number of primary amides is 1. The highest BCUT2D eigenvalue weighted by Gasteiger charge is 2.42. The number of hydrogen-bond acceptors (Lipinski definition) is 3. The average molecular weight is 422 g/mol. The van der Waals surface area contributed by atoms with Crippen LogP contribution in [0.3, 0.4) is 0 Å². The van der Waals surface area contributed by atoms with Crippen LogP contribution in [0.2, 0.25) is 5.02 Å². The molecule has 0 saturated heterocycles. The highest BCUT2D eigenvalue weighted by atomic mass is 35.5. The molecule has 30 heavy (non-hydrogen) atoms. The first kappa shape index (κ1) is 20.5. The fourth-order valence-corrected chi connectivity index (χ4v) is 4.80. The second kappa shape index (κ2) is 7.51. The van der Waals surface area contributed by atoms with Crippen LogP contribution in [0, 0.1) is 12.3 Å². The van der Waals surface area contributed by atoms with Crippen LogP contribution < -0.4 is 16.4 Å². The van der Waals surface area contributed by atoms with Crippen LogP contribution in [-0.2, 0) is 4.79 Å². The van der Waals surface area contributed by atoms with Gasteiger partial charge < -0.3 is 16.4 Å². The molecule has 4 nitrogen and oxygen atoms in total. The third-order valence-corrected chi connectivity index (χ3v) is 6.52. The summed E-state index contributed by atoms with van der Waals surface area (Å²) in [5, 5.41) is 0.660. The summed E-state index contributed by atoms with van der Waals surface area (Å²) in [5.41, 5.74) is 18.7. The van der Waals surface area contributed by atoms with Gasteiger partial charge in [0.25, 0.3) is 0 Å². The molecule has 0 fully saturated rings. The predicted molar refractivity (Wildman–Crippen MR) is 123 cm³/mol. The van der Waals surface area contributed by atoms with E-state index in [0.29, 0.717) is 16.4 Å². The van der Waals surface area contributed by atoms with Crippen molar-refractivity contribution >= 4 is 23.2 Å². The molecule has 2 aromatic carbocycles. The normalized spacial score (nSPS) is 20.9. The quantitative estimate of drug-likeness (QED) is 0.699. The molecule has 0 saturated carbocycles. The van der Waals surface area contributed by atoms with Crippen LogP contribution in [0.5, 0.6) is 0 Å². The number of hydrogen-bond donors (Lipinski definition) is 2. The molecule has 4 rings (SSSR count). The Morgan fingerprint density at radius 1 is 1.10 bits per heavy atom. The van der Waals surface area contributed by atoms with Gasteiger partial charge in [0.2, 0.25) is 5.91 Å². The minimum atomic E-state index is -0.485. The summed E-state index contributed by atoms with van der Waals surface area (Å²) in [7, 11) is 0. The fraction of sp³-hybridized carbons (Fsp3) is 0.320. The van der Waals surface area contributed by atoms with E-state index in [0.717, 1.165) is 30.5 Å². The first-order valence-corrected chi connectivity index (χ1v) is 10.7. The van der Waals surface area contributed by atoms with Gasteiger partial charge in [0, 0.05) is 22.3 Å². The third kappa shape index (κ3) is 3.61. The van der Waals surface area contributed by atoms with E-state index in [-0.39, 0.29) is 11.3 Å². The van der Waals surface area contributed by atoms with E-state index >= 15 is 0 Å². The maximum atomic E-state index is 12.7. The van der Waals surface area contributed by atoms with E-state index < -0.39 is 5.91 Å². The van der Waals surface area contributed by atoms with E-state index in [1.165, 1.54) is 16.8 Å². The third-order valence-electron chi connectivity index (χ3n) is 6.27. The van der Waals surface area contributed by atoms with E-state index in [4.69, 9.17) is 23.1 Å². The summed E-state index contributed by atoms with van der Waals surface area (Å²) in [4.78, 5) is 14.7. The monoisotopic (exact) mass is 421 g/mol. The number of allylic oxidation sites excluding steroid dienone is 2. The Bertz CT molecular complexity index is 1050. The number of rotatable bonds is 3. The molecule has 0 spiro atoms. The number of carbonyl (C=O) groups is 1. The van der Waals surface area contributed by atoms with Crippen LogP contribution in [-0.4, -0.2) is 5.91 Å². The van der Waals surface area contributed by atoms with Crippen LogP contribution in [0.15, 0.2) is 71.2 Å². The molecule has 156 valence electrons. The standard InChI is InChI=1S/C25H28ClN3O/c1-15-4-10-18(11-5-15)29-20-14-25(2,3)13-12-19(20)21(22(23(29)27)24(28)30)16-6-8-17(26)9-7-16/h4-11,21H,12-14,27H2,1-3H3,(H2,28,30). The second-order valence-electron chi connectivity index (χ2n) is 9.13. The number of benzene rings is 2. The molecule has 0 radical (unpaired) electrons. The van der Waals surface area contributed by atoms with Crippen molar-refractivity contribution in [1.82, 2.24) is 0 Å². The van der Waals surface area contributed by atoms with Gasteiger partial charge in [0.05, 0.1) is 5.57 Å². The van der Waals surface area contributed by atoms with Gasteiger partial charge in [-0.2, -0.15) is 0 Å². The van der Waals surface area contributed by atoms with Crippen LogP contribution in [0.25, 0.3) is 0 Å². The number of nitrogens with zero attached hydrogens (tertiary/aromatic N) is 1. The van der Waals surface area contributed by atoms with E-state index in [2.05, 4.69) is 45.0 Å². The molecule has 1 amide bonds. The second-order valence-corrected chi connectivity index (χ2v) is 9.57. The fourth-order valence-electron chi connectivity index (χ4n) is 4.67. The molecular formula is C25H28ClN3O. The Morgan fingerprint density at radius 3 is 2.33 bits per heavy atom. The SMILES string of the molecule is Cc1ccc(N2C(N)=C(C(N)=O)C(c3ccc(Cl)cc3)C3=C2CC(C)(C)CC3)cc1. The molecule has 0 aromatic heterocycles. The van der Waals surface area contributed by atoms with Crippen molar-refractivity contribution < 1.29 is 4.79 Å². The molecule has 4 N–H and O–H groups in total. The van der Waals surface area contributed by atoms with Crippen molar-refractivity contribution in [2.75, 3.05) is 4.90 Å². The lowest BCUT2D eigenvalue weighted by Gasteiger charge is -2.45. The summed E-state index contributed by atoms with van der Waals surface area (Å²) >= 11 is 6.12. The van der Waals surface area contributed by atoms with Crippen molar-refractivity contribution in [2.45, 2.75) is 46.0 Å². The van der Waals surface area contributed by atoms with Crippen molar-refractivity contribution in [1.29, 1.82) is 0 Å². The minimum absolute atomic E-state index is 0.150. The number of aryl methyl sites for hydroxylation is 1. The van der Waals surface area contributed by atoms with Gasteiger partial charge in [0.15, 0.2) is 0 Å². The summed E-state index contributed by atoms with van der Waals surface area (Å²) < 4.78 is 0. The molecule has 2 aliphatic rings. The molecular weight excluding hydrogens is 394 g/mol. The number of halogens is 1. The van der Waals surface area contributed by atoms with Gasteiger partial charge in [-0.05, 0) is 67.0 Å². The van der Waals surface area contributed by atoms with Crippen molar-refractivity contribution in [3.63, 3.8) is 0 Å². The lowest BCUT2D eigenvalue weighted by Crippen LogP contribution is -2.42. The molecule has 5 heteroatoms. The minimum Gasteiger partial charge on any atom is -0.384 e. The maximum absolute atomic E-state index is 12.7. The van der Waals surface area contributed by atoms with Gasteiger partial charge in [0.1, 0.15) is 5.82 Å². The molecule has 1 heterocycles. The Labute approximate surface area is 183 Å². The Kier molecular flexibility index (Phi) is 5.15. The van der Waals surface area contributed by atoms with Gasteiger partial charge in [-0.15, -0.1) is 0 Å². The van der Waals surface area contributed by atoms with Crippen LogP contribution in [0.1, 0.15) is 50.2 Å². The lowest BCUT2D eigenvalue weighted by molar-refractivity contribution is -0.114. The smallest absolute Gasteiger partial charge is 0.249 e. The number of anilines is 1. The molecule has 1 aliphatic heterocycles. The zero-order valence-corrected chi connectivity index (χ0v) is 18.5. The average Bonchev–Trinajstić information content (AvgIpc) is 2.68. The van der Waals surface area contributed by atoms with E-state index in [9.17, 15) is 4.79 Å². The van der Waals surface area contributed by atoms with Crippen molar-refractivity contribution in [2.24, 2.45) is 16.9 Å². The predicted octanol–water partition coefficient (Wildman–Crippen LogP) is 5.37. The first-order chi connectivity index (χ1) is 14.2. The summed E-state index contributed by atoms with van der Waals surface area (Å²) in [5.74, 6) is -0.309. The van der Waals surface area contributed by atoms with Gasteiger partial charge in [-0.3, -0.25) is 4.79 Å². The first-order valence-electron chi connectivity index (χ1n) is 10.3. The highest BCUT2D eigenvalue weighted by Crippen LogP contribution is 2.51. The van der Waals surface area contributed by atoms with Crippen molar-refractivity contribution in [3.05, 3.63) is 87.3 Å². The molecule has 2 aromatic rings. The topological polar surface area (TPSA) is 72.3 Å². The van der Waals surface area contributed by atoms with Crippen LogP contribution >= 0.6 is 11.6 Å². The molecule has 1 aliphatic carbocycles. The van der Waals surface area contributed by atoms with Crippen LogP contribution in [0.4, 0.5) is 5.69 Å². The Balaban J connectivity index is 1.96. The molecule has 0 bridgehead atoms. The summed E-state index contributed by atoms with van der Waals surface area (Å²) in [6.07, 6.45) is 2.82. The van der Waals surface area contributed by atoms with Crippen molar-refractivity contribution in [3.8, 4) is 0 Å². The zero-order chi connectivity index (χ0) is 21.6. The van der Waals surface area contributed by atoms with E-state index in [1.54, 1.807) is 0 Å². The number of amides is 1. The van der Waals surface area contributed by atoms with E-state index in [1.807, 2.05) is 29.2 Å². The summed E-state index contributed by atoms with van der Waals surface area (Å²) in [6.45, 7) is 6.62. The molecule has 1 unspecified atom stereocenters. The Morgan fingerprint density at radius 2 is 1.73 bits per heavy atom. The number of carbonyl (C=O) groups excluding carboxylic acids is 1. The zero-order valence-electron chi connectivity index (χ0n) is 17.7. The lowest BCUT2D eigenvalue weighted by atomic mass is 9.69.